The van der Waals surface area contributed by atoms with Crippen molar-refractivity contribution in [3.05, 3.63) is 77.6 Å². The van der Waals surface area contributed by atoms with Crippen molar-refractivity contribution in [1.29, 1.82) is 0 Å². The summed E-state index contributed by atoms with van der Waals surface area (Å²) in [6, 6.07) is 15.0. The van der Waals surface area contributed by atoms with Gasteiger partial charge >= 0.3 is 5.97 Å². The number of benzene rings is 1. The standard InChI is InChI=1S/C24H23N3O3/c1-27(13-14-29-2)23-16-21(24(28)30-3)15-22(26-23)20-10-8-18(9-11-20)6-7-19-5-4-12-25-17-19/h4-5,8-12,15-17H,13-14H2,1-3H3. The Hall–Kier alpha value is -3.69. The lowest BCUT2D eigenvalue weighted by Crippen LogP contribution is -2.23. The fourth-order valence-corrected chi connectivity index (χ4v) is 2.74. The maximum Gasteiger partial charge on any atom is 0.338 e. The Morgan fingerprint density at radius 1 is 1.07 bits per heavy atom. The lowest BCUT2D eigenvalue weighted by Gasteiger charge is -2.19. The highest BCUT2D eigenvalue weighted by Gasteiger charge is 2.13. The first-order chi connectivity index (χ1) is 14.6. The summed E-state index contributed by atoms with van der Waals surface area (Å²) in [5.74, 6) is 6.48. The zero-order chi connectivity index (χ0) is 21.3. The number of nitrogens with zero attached hydrogens (tertiary/aromatic N) is 3. The van der Waals surface area contributed by atoms with Crippen LogP contribution in [0.2, 0.25) is 0 Å². The average Bonchev–Trinajstić information content (AvgIpc) is 2.81. The summed E-state index contributed by atoms with van der Waals surface area (Å²) < 4.78 is 10.0. The molecule has 0 fully saturated rings. The smallest absolute Gasteiger partial charge is 0.338 e. The Labute approximate surface area is 176 Å². The lowest BCUT2D eigenvalue weighted by molar-refractivity contribution is 0.0600. The van der Waals surface area contributed by atoms with E-state index in [1.807, 2.05) is 48.3 Å². The monoisotopic (exact) mass is 401 g/mol. The van der Waals surface area contributed by atoms with Crippen LogP contribution in [-0.4, -0.2) is 50.4 Å². The molecule has 3 rings (SSSR count). The van der Waals surface area contributed by atoms with Crippen LogP contribution in [0.3, 0.4) is 0 Å². The second-order valence-corrected chi connectivity index (χ2v) is 6.57. The van der Waals surface area contributed by atoms with E-state index in [0.29, 0.717) is 30.2 Å². The predicted molar refractivity (Wildman–Crippen MR) is 116 cm³/mol. The van der Waals surface area contributed by atoms with Crippen molar-refractivity contribution in [1.82, 2.24) is 9.97 Å². The summed E-state index contributed by atoms with van der Waals surface area (Å²) in [5, 5.41) is 0. The van der Waals surface area contributed by atoms with E-state index in [-0.39, 0.29) is 0 Å². The quantitative estimate of drug-likeness (QED) is 0.466. The number of aromatic nitrogens is 2. The van der Waals surface area contributed by atoms with E-state index in [2.05, 4.69) is 16.8 Å². The van der Waals surface area contributed by atoms with Crippen LogP contribution in [-0.2, 0) is 9.47 Å². The average molecular weight is 401 g/mol. The SMILES string of the molecule is COCCN(C)c1cc(C(=O)OC)cc(-c2ccc(C#Cc3cccnc3)cc2)n1. The molecule has 0 N–H and O–H groups in total. The van der Waals surface area contributed by atoms with Gasteiger partial charge in [0.2, 0.25) is 0 Å². The number of ether oxygens (including phenoxy) is 2. The van der Waals surface area contributed by atoms with Gasteiger partial charge in [-0.2, -0.15) is 0 Å². The Bertz CT molecular complexity index is 1050. The van der Waals surface area contributed by atoms with Crippen LogP contribution < -0.4 is 4.90 Å². The molecule has 0 aliphatic rings. The van der Waals surface area contributed by atoms with Crippen LogP contribution in [0.5, 0.6) is 0 Å². The highest BCUT2D eigenvalue weighted by atomic mass is 16.5. The number of methoxy groups -OCH3 is 2. The zero-order valence-corrected chi connectivity index (χ0v) is 17.3. The van der Waals surface area contributed by atoms with Crippen molar-refractivity contribution in [3.63, 3.8) is 0 Å². The molecule has 1 aromatic carbocycles. The number of esters is 1. The topological polar surface area (TPSA) is 64.5 Å². The van der Waals surface area contributed by atoms with Gasteiger partial charge in [-0.25, -0.2) is 9.78 Å². The summed E-state index contributed by atoms with van der Waals surface area (Å²) in [5.41, 5.74) is 3.75. The summed E-state index contributed by atoms with van der Waals surface area (Å²) in [4.78, 5) is 22.9. The minimum absolute atomic E-state index is 0.404. The molecule has 0 atom stereocenters. The molecule has 0 aliphatic heterocycles. The van der Waals surface area contributed by atoms with E-state index in [1.54, 1.807) is 31.6 Å². The molecule has 0 aliphatic carbocycles. The number of anilines is 1. The van der Waals surface area contributed by atoms with Gasteiger partial charge in [0.25, 0.3) is 0 Å². The lowest BCUT2D eigenvalue weighted by atomic mass is 10.1. The molecule has 0 amide bonds. The Kier molecular flexibility index (Phi) is 7.14. The van der Waals surface area contributed by atoms with Gasteiger partial charge in [0.1, 0.15) is 5.82 Å². The molecular weight excluding hydrogens is 378 g/mol. The molecule has 6 nitrogen and oxygen atoms in total. The number of likely N-dealkylation sites (N-methyl/N-ethyl adjacent to an activating group) is 1. The van der Waals surface area contributed by atoms with Crippen LogP contribution >= 0.6 is 0 Å². The first kappa shape index (κ1) is 21.0. The Morgan fingerprint density at radius 3 is 2.50 bits per heavy atom. The van der Waals surface area contributed by atoms with Gasteiger partial charge < -0.3 is 14.4 Å². The van der Waals surface area contributed by atoms with Crippen LogP contribution in [0, 0.1) is 11.8 Å². The second kappa shape index (κ2) is 10.2. The minimum atomic E-state index is -0.404. The van der Waals surface area contributed by atoms with E-state index in [0.717, 1.165) is 16.7 Å². The van der Waals surface area contributed by atoms with E-state index in [4.69, 9.17) is 14.5 Å². The van der Waals surface area contributed by atoms with Crippen LogP contribution in [0.25, 0.3) is 11.3 Å². The van der Waals surface area contributed by atoms with Crippen molar-refractivity contribution >= 4 is 11.8 Å². The van der Waals surface area contributed by atoms with E-state index >= 15 is 0 Å². The summed E-state index contributed by atoms with van der Waals surface area (Å²) in [7, 11) is 4.92. The highest BCUT2D eigenvalue weighted by Crippen LogP contribution is 2.23. The van der Waals surface area contributed by atoms with Gasteiger partial charge in [-0.15, -0.1) is 0 Å². The molecule has 2 heterocycles. The number of hydrogen-bond donors (Lipinski definition) is 0. The normalized spacial score (nSPS) is 10.1. The van der Waals surface area contributed by atoms with Gasteiger partial charge in [-0.05, 0) is 36.4 Å². The third-order valence-electron chi connectivity index (χ3n) is 4.45. The van der Waals surface area contributed by atoms with Crippen molar-refractivity contribution in [2.45, 2.75) is 0 Å². The number of hydrogen-bond acceptors (Lipinski definition) is 6. The van der Waals surface area contributed by atoms with E-state index < -0.39 is 5.97 Å². The number of rotatable bonds is 6. The van der Waals surface area contributed by atoms with Crippen molar-refractivity contribution < 1.29 is 14.3 Å². The molecule has 3 aromatic rings. The van der Waals surface area contributed by atoms with Gasteiger partial charge in [0.05, 0.1) is 25.0 Å². The van der Waals surface area contributed by atoms with E-state index in [1.165, 1.54) is 7.11 Å². The van der Waals surface area contributed by atoms with Crippen molar-refractivity contribution in [3.8, 4) is 23.1 Å². The first-order valence-electron chi connectivity index (χ1n) is 9.43. The first-order valence-corrected chi connectivity index (χ1v) is 9.43. The molecule has 0 unspecified atom stereocenters. The predicted octanol–water partition coefficient (Wildman–Crippen LogP) is 3.41. The second-order valence-electron chi connectivity index (χ2n) is 6.57. The molecular formula is C24H23N3O3. The van der Waals surface area contributed by atoms with Crippen molar-refractivity contribution in [2.75, 3.05) is 39.3 Å². The molecule has 0 saturated carbocycles. The van der Waals surface area contributed by atoms with E-state index in [9.17, 15) is 4.79 Å². The van der Waals surface area contributed by atoms with Crippen LogP contribution in [0.4, 0.5) is 5.82 Å². The summed E-state index contributed by atoms with van der Waals surface area (Å²) in [6.07, 6.45) is 3.45. The number of pyridine rings is 2. The summed E-state index contributed by atoms with van der Waals surface area (Å²) >= 11 is 0. The molecule has 0 spiro atoms. The minimum Gasteiger partial charge on any atom is -0.465 e. The Morgan fingerprint density at radius 2 is 1.83 bits per heavy atom. The molecule has 0 saturated heterocycles. The zero-order valence-electron chi connectivity index (χ0n) is 17.3. The molecule has 0 radical (unpaired) electrons. The van der Waals surface area contributed by atoms with Gasteiger partial charge in [0.15, 0.2) is 0 Å². The fourth-order valence-electron chi connectivity index (χ4n) is 2.74. The Balaban J connectivity index is 1.90. The highest BCUT2D eigenvalue weighted by molar-refractivity contribution is 5.91. The van der Waals surface area contributed by atoms with Crippen LogP contribution in [0.1, 0.15) is 21.5 Å². The van der Waals surface area contributed by atoms with Crippen molar-refractivity contribution in [2.24, 2.45) is 0 Å². The molecule has 152 valence electrons. The third kappa shape index (κ3) is 5.43. The third-order valence-corrected chi connectivity index (χ3v) is 4.45. The maximum absolute atomic E-state index is 12.1. The molecule has 6 heteroatoms. The molecule has 30 heavy (non-hydrogen) atoms. The number of carbonyl (C=O) groups excluding carboxylic acids is 1. The van der Waals surface area contributed by atoms with Gasteiger partial charge in [0, 0.05) is 49.8 Å². The van der Waals surface area contributed by atoms with Gasteiger partial charge in [-0.3, -0.25) is 4.98 Å². The largest absolute Gasteiger partial charge is 0.465 e. The molecule has 0 bridgehead atoms. The molecule has 2 aromatic heterocycles. The number of carbonyl (C=O) groups is 1. The maximum atomic E-state index is 12.1. The fraction of sp³-hybridized carbons (Fsp3) is 0.208. The van der Waals surface area contributed by atoms with Gasteiger partial charge in [-0.1, -0.05) is 24.0 Å². The van der Waals surface area contributed by atoms with Crippen LogP contribution in [0.15, 0.2) is 60.9 Å². The summed E-state index contributed by atoms with van der Waals surface area (Å²) in [6.45, 7) is 1.21.